The van der Waals surface area contributed by atoms with Crippen molar-refractivity contribution < 1.29 is 4.79 Å². The molecule has 0 saturated heterocycles. The predicted octanol–water partition coefficient (Wildman–Crippen LogP) is 1.39. The molecule has 0 atom stereocenters. The molecule has 5 heteroatoms. The summed E-state index contributed by atoms with van der Waals surface area (Å²) in [6, 6.07) is 1.33. The van der Waals surface area contributed by atoms with Crippen molar-refractivity contribution in [3.8, 4) is 0 Å². The molecule has 0 amide bonds. The third-order valence-electron chi connectivity index (χ3n) is 5.80. The van der Waals surface area contributed by atoms with Crippen molar-refractivity contribution in [1.82, 2.24) is 9.97 Å². The largest absolute Gasteiger partial charge is 0.325 e. The van der Waals surface area contributed by atoms with Gasteiger partial charge in [0.25, 0.3) is 5.56 Å². The molecule has 1 aromatic rings. The summed E-state index contributed by atoms with van der Waals surface area (Å²) in [5.41, 5.74) is -0.693. The lowest BCUT2D eigenvalue weighted by molar-refractivity contribution is -0.143. The maximum atomic E-state index is 12.9. The molecule has 0 spiro atoms. The van der Waals surface area contributed by atoms with Crippen molar-refractivity contribution in [3.05, 3.63) is 32.6 Å². The molecular weight excluding hydrogens is 268 g/mol. The topological polar surface area (TPSA) is 82.8 Å². The summed E-state index contributed by atoms with van der Waals surface area (Å²) < 4.78 is 0. The molecule has 0 aliphatic heterocycles. The van der Waals surface area contributed by atoms with E-state index in [9.17, 15) is 14.4 Å². The molecular formula is C16H20N2O3. The van der Waals surface area contributed by atoms with Crippen LogP contribution in [0, 0.1) is 23.2 Å². The maximum absolute atomic E-state index is 12.9. The molecule has 1 aromatic heterocycles. The average molecular weight is 288 g/mol. The number of carbonyl (C=O) groups is 1. The van der Waals surface area contributed by atoms with E-state index in [0.29, 0.717) is 5.69 Å². The number of hydrogen-bond acceptors (Lipinski definition) is 3. The Balaban J connectivity index is 1.60. The minimum atomic E-state index is -0.532. The molecule has 2 N–H and O–H groups in total. The van der Waals surface area contributed by atoms with E-state index in [1.54, 1.807) is 0 Å². The first-order chi connectivity index (χ1) is 10.0. The molecule has 4 fully saturated rings. The number of Topliss-reactive ketones (excluding diaryl/α,β-unsaturated/α-hetero) is 1. The standard InChI is InChI=1S/C16H20N2O3/c19-13(4-12-5-14(20)18-15(21)17-12)16-6-9-1-10(7-16)3-11(2-9)8-16/h5,9-11H,1-4,6-8H2,(H2,17,18,20,21). The number of rotatable bonds is 3. The van der Waals surface area contributed by atoms with E-state index in [-0.39, 0.29) is 17.6 Å². The molecule has 4 bridgehead atoms. The van der Waals surface area contributed by atoms with Crippen molar-refractivity contribution in [1.29, 1.82) is 0 Å². The van der Waals surface area contributed by atoms with Gasteiger partial charge in [-0.3, -0.25) is 14.6 Å². The second kappa shape index (κ2) is 4.42. The van der Waals surface area contributed by atoms with Gasteiger partial charge in [0.05, 0.1) is 0 Å². The molecule has 0 aromatic carbocycles. The van der Waals surface area contributed by atoms with Crippen molar-refractivity contribution in [3.63, 3.8) is 0 Å². The van der Waals surface area contributed by atoms with Gasteiger partial charge in [-0.25, -0.2) is 4.79 Å². The number of ketones is 1. The fourth-order valence-electron chi connectivity index (χ4n) is 5.43. The zero-order valence-electron chi connectivity index (χ0n) is 12.0. The lowest BCUT2D eigenvalue weighted by atomic mass is 9.48. The Labute approximate surface area is 122 Å². The molecule has 4 saturated carbocycles. The lowest BCUT2D eigenvalue weighted by Gasteiger charge is -2.56. The van der Waals surface area contributed by atoms with Gasteiger partial charge in [0.1, 0.15) is 5.78 Å². The molecule has 4 aliphatic carbocycles. The minimum absolute atomic E-state index is 0.172. The first-order valence-electron chi connectivity index (χ1n) is 7.88. The molecule has 0 radical (unpaired) electrons. The van der Waals surface area contributed by atoms with E-state index >= 15 is 0 Å². The molecule has 5 nitrogen and oxygen atoms in total. The second-order valence-electron chi connectivity index (χ2n) is 7.41. The molecule has 5 rings (SSSR count). The Bertz CT molecular complexity index is 636. The Kier molecular flexibility index (Phi) is 2.75. The number of aromatic amines is 2. The van der Waals surface area contributed by atoms with Gasteiger partial charge >= 0.3 is 5.69 Å². The van der Waals surface area contributed by atoms with Crippen LogP contribution in [0.4, 0.5) is 0 Å². The van der Waals surface area contributed by atoms with Crippen LogP contribution in [0.3, 0.4) is 0 Å². The lowest BCUT2D eigenvalue weighted by Crippen LogP contribution is -2.50. The Hall–Kier alpha value is -1.65. The van der Waals surface area contributed by atoms with Gasteiger partial charge in [-0.05, 0) is 56.3 Å². The van der Waals surface area contributed by atoms with Crippen molar-refractivity contribution >= 4 is 5.78 Å². The van der Waals surface area contributed by atoms with E-state index in [1.807, 2.05) is 0 Å². The summed E-state index contributed by atoms with van der Waals surface area (Å²) in [5.74, 6) is 2.39. The highest BCUT2D eigenvalue weighted by Crippen LogP contribution is 2.60. The molecule has 1 heterocycles. The van der Waals surface area contributed by atoms with Crippen LogP contribution in [0.1, 0.15) is 44.2 Å². The SMILES string of the molecule is O=C(Cc1cc(=O)[nH]c(=O)[nH]1)C12CC3CC(CC(C3)C1)C2. The van der Waals surface area contributed by atoms with Gasteiger partial charge < -0.3 is 4.98 Å². The average Bonchev–Trinajstić information content (AvgIpc) is 2.35. The van der Waals surface area contributed by atoms with Crippen LogP contribution < -0.4 is 11.2 Å². The third kappa shape index (κ3) is 2.19. The number of H-pyrrole nitrogens is 2. The van der Waals surface area contributed by atoms with Gasteiger partial charge in [0.15, 0.2) is 0 Å². The zero-order chi connectivity index (χ0) is 14.6. The number of aromatic nitrogens is 2. The smallest absolute Gasteiger partial charge is 0.311 e. The third-order valence-corrected chi connectivity index (χ3v) is 5.80. The van der Waals surface area contributed by atoms with E-state index in [1.165, 1.54) is 25.3 Å². The second-order valence-corrected chi connectivity index (χ2v) is 7.41. The molecule has 112 valence electrons. The summed E-state index contributed by atoms with van der Waals surface area (Å²) in [7, 11) is 0. The fraction of sp³-hybridized carbons (Fsp3) is 0.688. The fourth-order valence-corrected chi connectivity index (χ4v) is 5.43. The van der Waals surface area contributed by atoms with E-state index in [2.05, 4.69) is 9.97 Å². The number of hydrogen-bond donors (Lipinski definition) is 2. The van der Waals surface area contributed by atoms with Gasteiger partial charge in [0, 0.05) is 23.6 Å². The first kappa shape index (κ1) is 13.0. The van der Waals surface area contributed by atoms with Crippen molar-refractivity contribution in [2.75, 3.05) is 0 Å². The van der Waals surface area contributed by atoms with Crippen LogP contribution in [0.25, 0.3) is 0 Å². The number of nitrogens with one attached hydrogen (secondary N) is 2. The Morgan fingerprint density at radius 1 is 1.05 bits per heavy atom. The van der Waals surface area contributed by atoms with Crippen LogP contribution in [0.5, 0.6) is 0 Å². The number of carbonyl (C=O) groups excluding carboxylic acids is 1. The predicted molar refractivity (Wildman–Crippen MR) is 77.0 cm³/mol. The summed E-state index contributed by atoms with van der Waals surface area (Å²) in [6.45, 7) is 0. The van der Waals surface area contributed by atoms with Crippen molar-refractivity contribution in [2.45, 2.75) is 44.9 Å². The quantitative estimate of drug-likeness (QED) is 0.881. The first-order valence-corrected chi connectivity index (χ1v) is 7.88. The van der Waals surface area contributed by atoms with Crippen LogP contribution in [0.15, 0.2) is 15.7 Å². The highest BCUT2D eigenvalue weighted by atomic mass is 16.2. The minimum Gasteiger partial charge on any atom is -0.311 e. The maximum Gasteiger partial charge on any atom is 0.325 e. The Morgan fingerprint density at radius 2 is 1.62 bits per heavy atom. The van der Waals surface area contributed by atoms with Gasteiger partial charge in [-0.15, -0.1) is 0 Å². The van der Waals surface area contributed by atoms with E-state index < -0.39 is 11.2 Å². The normalized spacial score (nSPS) is 36.9. The van der Waals surface area contributed by atoms with Gasteiger partial charge in [0.2, 0.25) is 0 Å². The van der Waals surface area contributed by atoms with Crippen molar-refractivity contribution in [2.24, 2.45) is 23.2 Å². The van der Waals surface area contributed by atoms with Crippen LogP contribution in [-0.2, 0) is 11.2 Å². The summed E-state index contributed by atoms with van der Waals surface area (Å²) in [4.78, 5) is 40.2. The van der Waals surface area contributed by atoms with E-state index in [0.717, 1.165) is 37.0 Å². The van der Waals surface area contributed by atoms with Crippen LogP contribution in [0.2, 0.25) is 0 Å². The van der Waals surface area contributed by atoms with Crippen LogP contribution in [-0.4, -0.2) is 15.8 Å². The molecule has 21 heavy (non-hydrogen) atoms. The summed E-state index contributed by atoms with van der Waals surface area (Å²) in [5, 5.41) is 0. The summed E-state index contributed by atoms with van der Waals surface area (Å²) >= 11 is 0. The van der Waals surface area contributed by atoms with Crippen LogP contribution >= 0.6 is 0 Å². The zero-order valence-corrected chi connectivity index (χ0v) is 12.0. The molecule has 4 aliphatic rings. The monoisotopic (exact) mass is 288 g/mol. The van der Waals surface area contributed by atoms with Gasteiger partial charge in [-0.1, -0.05) is 0 Å². The Morgan fingerprint density at radius 3 is 2.14 bits per heavy atom. The summed E-state index contributed by atoms with van der Waals surface area (Å²) in [6.07, 6.45) is 7.14. The molecule has 0 unspecified atom stereocenters. The van der Waals surface area contributed by atoms with E-state index in [4.69, 9.17) is 0 Å². The highest BCUT2D eigenvalue weighted by Gasteiger charge is 2.54. The van der Waals surface area contributed by atoms with Gasteiger partial charge in [-0.2, -0.15) is 0 Å². The highest BCUT2D eigenvalue weighted by molar-refractivity contribution is 5.87.